The summed E-state index contributed by atoms with van der Waals surface area (Å²) in [5, 5.41) is 1.96. The van der Waals surface area contributed by atoms with Gasteiger partial charge in [0, 0.05) is 20.3 Å². The molecule has 1 N–H and O–H groups in total. The van der Waals surface area contributed by atoms with Gasteiger partial charge in [-0.1, -0.05) is 0 Å². The second kappa shape index (κ2) is 4.93. The van der Waals surface area contributed by atoms with Crippen molar-refractivity contribution < 1.29 is 18.0 Å². The van der Waals surface area contributed by atoms with Crippen LogP contribution >= 0.6 is 0 Å². The van der Waals surface area contributed by atoms with E-state index < -0.39 is 51.1 Å². The van der Waals surface area contributed by atoms with Crippen LogP contribution in [0.2, 0.25) is 0 Å². The molecule has 114 valence electrons. The average Bonchev–Trinajstić information content (AvgIpc) is 2.39. The van der Waals surface area contributed by atoms with Crippen molar-refractivity contribution in [2.24, 2.45) is 14.1 Å². The Morgan fingerprint density at radius 1 is 1.05 bits per heavy atom. The average molecular weight is 316 g/mol. The fourth-order valence-corrected chi connectivity index (χ4v) is 3.37. The first-order chi connectivity index (χ1) is 9.64. The fraction of sp³-hybridized carbons (Fsp3) is 0.400. The predicted molar refractivity (Wildman–Crippen MR) is 68.8 cm³/mol. The number of carbonyl (C=O) groups excluding carboxylic acids is 2. The van der Waals surface area contributed by atoms with Crippen molar-refractivity contribution in [3.8, 4) is 0 Å². The minimum Gasteiger partial charge on any atom is -0.302 e. The summed E-state index contributed by atoms with van der Waals surface area (Å²) >= 11 is 0. The number of aromatic nitrogens is 2. The number of rotatable bonds is 2. The van der Waals surface area contributed by atoms with Gasteiger partial charge in [-0.3, -0.25) is 24.3 Å². The molecule has 11 heteroatoms. The Hall–Kier alpha value is -2.27. The molecule has 2 heterocycles. The molecule has 1 aliphatic heterocycles. The van der Waals surface area contributed by atoms with Crippen LogP contribution in [0.15, 0.2) is 20.7 Å². The molecule has 0 spiro atoms. The molecule has 0 bridgehead atoms. The van der Waals surface area contributed by atoms with Crippen molar-refractivity contribution in [3.05, 3.63) is 27.0 Å². The lowest BCUT2D eigenvalue weighted by Crippen LogP contribution is -2.54. The van der Waals surface area contributed by atoms with Crippen LogP contribution in [0.25, 0.3) is 0 Å². The van der Waals surface area contributed by atoms with Gasteiger partial charge in [-0.05, 0) is 0 Å². The molecular weight excluding hydrogens is 304 g/mol. The summed E-state index contributed by atoms with van der Waals surface area (Å²) in [5.41, 5.74) is -1.71. The van der Waals surface area contributed by atoms with Gasteiger partial charge in [0.25, 0.3) is 15.6 Å². The first-order valence-corrected chi connectivity index (χ1v) is 7.18. The van der Waals surface area contributed by atoms with E-state index in [9.17, 15) is 27.6 Å². The van der Waals surface area contributed by atoms with Crippen molar-refractivity contribution in [1.82, 2.24) is 18.8 Å². The van der Waals surface area contributed by atoms with Crippen LogP contribution in [-0.2, 0) is 33.7 Å². The Morgan fingerprint density at radius 2 is 1.57 bits per heavy atom. The second-order valence-electron chi connectivity index (χ2n) is 4.50. The molecule has 0 saturated carbocycles. The van der Waals surface area contributed by atoms with E-state index in [0.717, 1.165) is 17.8 Å². The van der Waals surface area contributed by atoms with Crippen LogP contribution in [0.5, 0.6) is 0 Å². The van der Waals surface area contributed by atoms with Gasteiger partial charge < -0.3 is 4.57 Å². The van der Waals surface area contributed by atoms with Crippen LogP contribution in [0.3, 0.4) is 0 Å². The molecule has 1 aliphatic rings. The number of imide groups is 1. The molecule has 1 aromatic rings. The summed E-state index contributed by atoms with van der Waals surface area (Å²) in [4.78, 5) is 45.3. The van der Waals surface area contributed by atoms with Gasteiger partial charge in [0.1, 0.15) is 0 Å². The van der Waals surface area contributed by atoms with Gasteiger partial charge in [-0.25, -0.2) is 13.2 Å². The Labute approximate surface area is 118 Å². The third-order valence-corrected chi connectivity index (χ3v) is 4.73. The lowest BCUT2D eigenvalue weighted by Gasteiger charge is -2.24. The summed E-state index contributed by atoms with van der Waals surface area (Å²) < 4.78 is 26.9. The number of piperazine rings is 1. The first-order valence-electron chi connectivity index (χ1n) is 5.74. The van der Waals surface area contributed by atoms with Gasteiger partial charge in [0.15, 0.2) is 4.90 Å². The zero-order chi connectivity index (χ0) is 15.9. The summed E-state index contributed by atoms with van der Waals surface area (Å²) in [5.74, 6) is -1.56. The van der Waals surface area contributed by atoms with Crippen LogP contribution in [0.4, 0.5) is 0 Å². The minimum atomic E-state index is -4.36. The number of nitrogens with zero attached hydrogens (tertiary/aromatic N) is 3. The van der Waals surface area contributed by atoms with Gasteiger partial charge >= 0.3 is 5.69 Å². The first kappa shape index (κ1) is 15.1. The van der Waals surface area contributed by atoms with Crippen LogP contribution < -0.4 is 16.6 Å². The Bertz CT molecular complexity index is 833. The SMILES string of the molecule is Cn1cc(S(=O)(=O)N2CC(=O)NC(=O)C2)c(=O)n(C)c1=O. The number of hydrogen-bond acceptors (Lipinski definition) is 6. The molecule has 1 fully saturated rings. The van der Waals surface area contributed by atoms with Crippen molar-refractivity contribution in [2.45, 2.75) is 4.90 Å². The van der Waals surface area contributed by atoms with E-state index in [1.807, 2.05) is 5.32 Å². The summed E-state index contributed by atoms with van der Waals surface area (Å²) in [6.07, 6.45) is 0.872. The summed E-state index contributed by atoms with van der Waals surface area (Å²) in [6.45, 7) is -1.14. The summed E-state index contributed by atoms with van der Waals surface area (Å²) in [6, 6.07) is 0. The normalized spacial score (nSPS) is 16.9. The Kier molecular flexibility index (Phi) is 3.55. The van der Waals surface area contributed by atoms with Crippen LogP contribution in [0.1, 0.15) is 0 Å². The topological polar surface area (TPSA) is 128 Å². The molecule has 2 rings (SSSR count). The lowest BCUT2D eigenvalue weighted by atomic mass is 10.4. The molecular formula is C10H12N4O6S. The fourth-order valence-electron chi connectivity index (χ4n) is 1.87. The highest BCUT2D eigenvalue weighted by atomic mass is 32.2. The second-order valence-corrected chi connectivity index (χ2v) is 6.40. The van der Waals surface area contributed by atoms with E-state index in [1.165, 1.54) is 7.05 Å². The lowest BCUT2D eigenvalue weighted by molar-refractivity contribution is -0.134. The number of nitrogens with one attached hydrogen (secondary N) is 1. The number of carbonyl (C=O) groups is 2. The van der Waals surface area contributed by atoms with Crippen molar-refractivity contribution >= 4 is 21.8 Å². The molecule has 1 saturated heterocycles. The van der Waals surface area contributed by atoms with E-state index >= 15 is 0 Å². The highest BCUT2D eigenvalue weighted by Crippen LogP contribution is 2.11. The van der Waals surface area contributed by atoms with Gasteiger partial charge in [0.2, 0.25) is 11.8 Å². The van der Waals surface area contributed by atoms with Crippen molar-refractivity contribution in [3.63, 3.8) is 0 Å². The van der Waals surface area contributed by atoms with Crippen LogP contribution in [-0.4, -0.2) is 46.8 Å². The molecule has 0 aliphatic carbocycles. The van der Waals surface area contributed by atoms with Crippen LogP contribution in [0, 0.1) is 0 Å². The molecule has 2 amide bonds. The molecule has 21 heavy (non-hydrogen) atoms. The monoisotopic (exact) mass is 316 g/mol. The molecule has 1 aromatic heterocycles. The van der Waals surface area contributed by atoms with E-state index in [4.69, 9.17) is 0 Å². The molecule has 0 aromatic carbocycles. The maximum absolute atomic E-state index is 12.4. The predicted octanol–water partition coefficient (Wildman–Crippen LogP) is -3.27. The van der Waals surface area contributed by atoms with Crippen molar-refractivity contribution in [1.29, 1.82) is 0 Å². The number of aryl methyl sites for hydroxylation is 1. The number of sulfonamides is 1. The molecule has 0 radical (unpaired) electrons. The number of hydrogen-bond donors (Lipinski definition) is 1. The van der Waals surface area contributed by atoms with E-state index in [-0.39, 0.29) is 0 Å². The maximum atomic E-state index is 12.4. The standard InChI is InChI=1S/C10H12N4O6S/c1-12-3-6(9(17)13(2)10(12)18)21(19,20)14-4-7(15)11-8(16)5-14/h3H,4-5H2,1-2H3,(H,11,15,16). The van der Waals surface area contributed by atoms with E-state index in [2.05, 4.69) is 0 Å². The zero-order valence-electron chi connectivity index (χ0n) is 11.2. The molecule has 10 nitrogen and oxygen atoms in total. The zero-order valence-corrected chi connectivity index (χ0v) is 12.0. The highest BCUT2D eigenvalue weighted by Gasteiger charge is 2.35. The van der Waals surface area contributed by atoms with Crippen molar-refractivity contribution in [2.75, 3.05) is 13.1 Å². The Morgan fingerprint density at radius 3 is 2.10 bits per heavy atom. The highest BCUT2D eigenvalue weighted by molar-refractivity contribution is 7.89. The molecule has 0 unspecified atom stereocenters. The minimum absolute atomic E-state index is 0.569. The third kappa shape index (κ3) is 2.52. The van der Waals surface area contributed by atoms with E-state index in [1.54, 1.807) is 0 Å². The van der Waals surface area contributed by atoms with E-state index in [0.29, 0.717) is 8.87 Å². The smallest absolute Gasteiger partial charge is 0.302 e. The quantitative estimate of drug-likeness (QED) is 0.570. The third-order valence-electron chi connectivity index (χ3n) is 2.95. The van der Waals surface area contributed by atoms with Gasteiger partial charge in [0.05, 0.1) is 13.1 Å². The number of amides is 2. The largest absolute Gasteiger partial charge is 0.330 e. The Balaban J connectivity index is 2.60. The summed E-state index contributed by atoms with van der Waals surface area (Å²) in [7, 11) is -1.94. The maximum Gasteiger partial charge on any atom is 0.330 e. The molecule has 0 atom stereocenters. The van der Waals surface area contributed by atoms with Gasteiger partial charge in [-0.15, -0.1) is 0 Å². The van der Waals surface area contributed by atoms with Gasteiger partial charge in [-0.2, -0.15) is 4.31 Å².